The van der Waals surface area contributed by atoms with Crippen LogP contribution in [0, 0.1) is 5.92 Å². The van der Waals surface area contributed by atoms with Crippen molar-refractivity contribution in [1.29, 1.82) is 0 Å². The number of hydrogen-bond donors (Lipinski definition) is 3. The molecule has 2 amide bonds. The molecule has 136 valence electrons. The van der Waals surface area contributed by atoms with E-state index in [9.17, 15) is 14.7 Å². The summed E-state index contributed by atoms with van der Waals surface area (Å²) in [5, 5.41) is 15.3. The number of carbonyl (C=O) groups is 2. The second-order valence-electron chi connectivity index (χ2n) is 6.58. The number of nitrogens with one attached hydrogen (secondary N) is 2. The van der Waals surface area contributed by atoms with E-state index >= 15 is 0 Å². The van der Waals surface area contributed by atoms with Gasteiger partial charge in [0, 0.05) is 24.9 Å². The Bertz CT molecular complexity index is 594. The molecule has 3 atom stereocenters. The SMILES string of the molecule is O=C(NCC[C@H]1CC[C@H](NC(=O)C2CC2)[C@H](CO)O1)c1cnccn1. The molecule has 1 aliphatic carbocycles. The normalized spacial score (nSPS) is 26.0. The Morgan fingerprint density at radius 3 is 2.76 bits per heavy atom. The van der Waals surface area contributed by atoms with E-state index in [-0.39, 0.29) is 42.2 Å². The maximum atomic E-state index is 11.9. The zero-order valence-corrected chi connectivity index (χ0v) is 14.1. The van der Waals surface area contributed by atoms with E-state index in [1.165, 1.54) is 18.6 Å². The number of aromatic nitrogens is 2. The van der Waals surface area contributed by atoms with Gasteiger partial charge in [-0.2, -0.15) is 0 Å². The maximum Gasteiger partial charge on any atom is 0.271 e. The van der Waals surface area contributed by atoms with Crippen LogP contribution in [0.25, 0.3) is 0 Å². The molecular weight excluding hydrogens is 324 g/mol. The van der Waals surface area contributed by atoms with E-state index in [2.05, 4.69) is 20.6 Å². The first-order valence-electron chi connectivity index (χ1n) is 8.78. The highest BCUT2D eigenvalue weighted by molar-refractivity contribution is 5.91. The fourth-order valence-corrected chi connectivity index (χ4v) is 3.01. The van der Waals surface area contributed by atoms with Gasteiger partial charge in [0.1, 0.15) is 11.8 Å². The predicted octanol–water partition coefficient (Wildman–Crippen LogP) is 0.0312. The molecule has 8 heteroatoms. The zero-order chi connectivity index (χ0) is 17.6. The summed E-state index contributed by atoms with van der Waals surface area (Å²) in [6.45, 7) is 0.329. The average Bonchev–Trinajstić information content (AvgIpc) is 3.48. The molecule has 25 heavy (non-hydrogen) atoms. The standard InChI is InChI=1S/C17H24N4O4/c22-10-15-13(21-16(23)11-1-2-11)4-3-12(25-15)5-6-20-17(24)14-9-18-7-8-19-14/h7-9,11-13,15,22H,1-6,10H2,(H,20,24)(H,21,23)/t12-,13+,15+/m1/s1. The van der Waals surface area contributed by atoms with E-state index < -0.39 is 6.10 Å². The van der Waals surface area contributed by atoms with Crippen molar-refractivity contribution < 1.29 is 19.4 Å². The van der Waals surface area contributed by atoms with Gasteiger partial charge in [-0.15, -0.1) is 0 Å². The van der Waals surface area contributed by atoms with Crippen LogP contribution in [0.1, 0.15) is 42.6 Å². The van der Waals surface area contributed by atoms with Crippen molar-refractivity contribution >= 4 is 11.8 Å². The Morgan fingerprint density at radius 1 is 1.24 bits per heavy atom. The second kappa shape index (κ2) is 8.35. The molecule has 1 saturated carbocycles. The number of rotatable bonds is 7. The van der Waals surface area contributed by atoms with Crippen molar-refractivity contribution in [2.24, 2.45) is 5.92 Å². The summed E-state index contributed by atoms with van der Waals surface area (Å²) in [7, 11) is 0. The quantitative estimate of drug-likeness (QED) is 0.641. The van der Waals surface area contributed by atoms with E-state index in [1.54, 1.807) is 0 Å². The van der Waals surface area contributed by atoms with Crippen molar-refractivity contribution in [3.8, 4) is 0 Å². The first kappa shape index (κ1) is 17.8. The Balaban J connectivity index is 1.40. The number of nitrogens with zero attached hydrogens (tertiary/aromatic N) is 2. The number of aliphatic hydroxyl groups excluding tert-OH is 1. The lowest BCUT2D eigenvalue weighted by molar-refractivity contribution is -0.129. The van der Waals surface area contributed by atoms with Crippen LogP contribution in [0.5, 0.6) is 0 Å². The fraction of sp³-hybridized carbons (Fsp3) is 0.647. The van der Waals surface area contributed by atoms with Crippen molar-refractivity contribution in [2.75, 3.05) is 13.2 Å². The van der Waals surface area contributed by atoms with Crippen LogP contribution in [0.15, 0.2) is 18.6 Å². The van der Waals surface area contributed by atoms with E-state index in [4.69, 9.17) is 4.74 Å². The van der Waals surface area contributed by atoms with E-state index in [0.717, 1.165) is 25.7 Å². The second-order valence-corrected chi connectivity index (χ2v) is 6.58. The molecule has 0 unspecified atom stereocenters. The summed E-state index contributed by atoms with van der Waals surface area (Å²) in [5.74, 6) is -0.0488. The minimum atomic E-state index is -0.392. The minimum Gasteiger partial charge on any atom is -0.394 e. The molecule has 2 aliphatic rings. The van der Waals surface area contributed by atoms with Gasteiger partial charge in [0.05, 0.1) is 24.9 Å². The van der Waals surface area contributed by atoms with E-state index in [0.29, 0.717) is 13.0 Å². The van der Waals surface area contributed by atoms with Crippen LogP contribution in [-0.2, 0) is 9.53 Å². The molecule has 0 radical (unpaired) electrons. The molecule has 1 aromatic rings. The Morgan fingerprint density at radius 2 is 2.08 bits per heavy atom. The highest BCUT2D eigenvalue weighted by Crippen LogP contribution is 2.30. The van der Waals surface area contributed by atoms with Crippen molar-refractivity contribution in [2.45, 2.75) is 50.4 Å². The highest BCUT2D eigenvalue weighted by Gasteiger charge is 2.36. The molecule has 3 N–H and O–H groups in total. The van der Waals surface area contributed by atoms with Gasteiger partial charge < -0.3 is 20.5 Å². The topological polar surface area (TPSA) is 113 Å². The van der Waals surface area contributed by atoms with Crippen molar-refractivity contribution in [1.82, 2.24) is 20.6 Å². The van der Waals surface area contributed by atoms with Gasteiger partial charge in [0.15, 0.2) is 0 Å². The highest BCUT2D eigenvalue weighted by atomic mass is 16.5. The van der Waals surface area contributed by atoms with Crippen LogP contribution in [0.2, 0.25) is 0 Å². The lowest BCUT2D eigenvalue weighted by Gasteiger charge is -2.36. The average molecular weight is 348 g/mol. The smallest absolute Gasteiger partial charge is 0.271 e. The van der Waals surface area contributed by atoms with Gasteiger partial charge in [-0.05, 0) is 32.1 Å². The molecule has 0 aromatic carbocycles. The molecule has 1 saturated heterocycles. The van der Waals surface area contributed by atoms with Gasteiger partial charge in [-0.1, -0.05) is 0 Å². The molecule has 1 aliphatic heterocycles. The third-order valence-electron chi connectivity index (χ3n) is 4.62. The fourth-order valence-electron chi connectivity index (χ4n) is 3.01. The number of ether oxygens (including phenoxy) is 1. The summed E-state index contributed by atoms with van der Waals surface area (Å²) in [5.41, 5.74) is 0.281. The lowest BCUT2D eigenvalue weighted by atomic mass is 9.97. The third kappa shape index (κ3) is 4.96. The summed E-state index contributed by atoms with van der Waals surface area (Å²) in [6.07, 6.45) is 8.08. The minimum absolute atomic E-state index is 0.0478. The molecule has 3 rings (SSSR count). The van der Waals surface area contributed by atoms with Crippen LogP contribution in [0.4, 0.5) is 0 Å². The zero-order valence-electron chi connectivity index (χ0n) is 14.1. The van der Waals surface area contributed by atoms with Crippen LogP contribution in [0.3, 0.4) is 0 Å². The van der Waals surface area contributed by atoms with Crippen LogP contribution < -0.4 is 10.6 Å². The summed E-state index contributed by atoms with van der Waals surface area (Å²) >= 11 is 0. The first-order chi connectivity index (χ1) is 12.2. The number of aliphatic hydroxyl groups is 1. The molecule has 2 fully saturated rings. The van der Waals surface area contributed by atoms with Gasteiger partial charge in [-0.25, -0.2) is 4.98 Å². The Labute approximate surface area is 146 Å². The van der Waals surface area contributed by atoms with Gasteiger partial charge >= 0.3 is 0 Å². The number of carbonyl (C=O) groups excluding carboxylic acids is 2. The largest absolute Gasteiger partial charge is 0.394 e. The van der Waals surface area contributed by atoms with Crippen LogP contribution >= 0.6 is 0 Å². The third-order valence-corrected chi connectivity index (χ3v) is 4.62. The maximum absolute atomic E-state index is 11.9. The van der Waals surface area contributed by atoms with Gasteiger partial charge in [-0.3, -0.25) is 14.6 Å². The summed E-state index contributed by atoms with van der Waals surface area (Å²) < 4.78 is 5.89. The number of amides is 2. The summed E-state index contributed by atoms with van der Waals surface area (Å²) in [6, 6.07) is -0.136. The first-order valence-corrected chi connectivity index (χ1v) is 8.78. The molecule has 2 heterocycles. The molecule has 0 bridgehead atoms. The summed E-state index contributed by atoms with van der Waals surface area (Å²) in [4.78, 5) is 31.6. The Hall–Kier alpha value is -2.06. The number of hydrogen-bond acceptors (Lipinski definition) is 6. The molecular formula is C17H24N4O4. The molecule has 8 nitrogen and oxygen atoms in total. The van der Waals surface area contributed by atoms with Gasteiger partial charge in [0.2, 0.25) is 5.91 Å². The Kier molecular flexibility index (Phi) is 5.93. The molecule has 0 spiro atoms. The lowest BCUT2D eigenvalue weighted by Crippen LogP contribution is -2.51. The van der Waals surface area contributed by atoms with E-state index in [1.807, 2.05) is 0 Å². The van der Waals surface area contributed by atoms with Crippen molar-refractivity contribution in [3.63, 3.8) is 0 Å². The van der Waals surface area contributed by atoms with Crippen molar-refractivity contribution in [3.05, 3.63) is 24.3 Å². The van der Waals surface area contributed by atoms with Crippen LogP contribution in [-0.4, -0.2) is 58.3 Å². The monoisotopic (exact) mass is 348 g/mol. The van der Waals surface area contributed by atoms with Gasteiger partial charge in [0.25, 0.3) is 5.91 Å². The predicted molar refractivity (Wildman–Crippen MR) is 88.6 cm³/mol. The molecule has 1 aromatic heterocycles.